The fourth-order valence-electron chi connectivity index (χ4n) is 4.01. The standard InChI is InChI=1S/C24H26N2O3S2/c1-28-20-13-16-10-11-26(15-23(27)25-17-6-8-18(30-3)9-7-17)24(22-5-4-12-31-22)19(16)14-21(20)29-2/h4-9,12-14,24H,10-11,15H2,1-3H3,(H,25,27). The number of amides is 1. The first-order valence-corrected chi connectivity index (χ1v) is 12.2. The maximum atomic E-state index is 12.9. The van der Waals surface area contributed by atoms with Gasteiger partial charge in [0.15, 0.2) is 11.5 Å². The third-order valence-corrected chi connectivity index (χ3v) is 7.17. The summed E-state index contributed by atoms with van der Waals surface area (Å²) in [6, 6.07) is 16.3. The molecule has 31 heavy (non-hydrogen) atoms. The summed E-state index contributed by atoms with van der Waals surface area (Å²) in [5.41, 5.74) is 3.23. The molecule has 0 fully saturated rings. The third-order valence-electron chi connectivity index (χ3n) is 5.51. The molecule has 0 saturated heterocycles. The van der Waals surface area contributed by atoms with Crippen molar-refractivity contribution in [3.63, 3.8) is 0 Å². The summed E-state index contributed by atoms with van der Waals surface area (Å²) in [6.45, 7) is 1.12. The number of thioether (sulfide) groups is 1. The lowest BCUT2D eigenvalue weighted by Gasteiger charge is -2.37. The van der Waals surface area contributed by atoms with Gasteiger partial charge >= 0.3 is 0 Å². The van der Waals surface area contributed by atoms with Crippen LogP contribution in [0.2, 0.25) is 0 Å². The van der Waals surface area contributed by atoms with E-state index in [1.165, 1.54) is 20.9 Å². The van der Waals surface area contributed by atoms with Crippen molar-refractivity contribution in [2.24, 2.45) is 0 Å². The molecule has 5 nitrogen and oxygen atoms in total. The number of methoxy groups -OCH3 is 2. The second-order valence-electron chi connectivity index (χ2n) is 7.32. The van der Waals surface area contributed by atoms with Crippen LogP contribution in [0.1, 0.15) is 22.0 Å². The van der Waals surface area contributed by atoms with Crippen molar-refractivity contribution in [2.45, 2.75) is 17.4 Å². The predicted octanol–water partition coefficient (Wildman–Crippen LogP) is 5.07. The first-order valence-electron chi connectivity index (χ1n) is 10.1. The topological polar surface area (TPSA) is 50.8 Å². The number of hydrogen-bond donors (Lipinski definition) is 1. The largest absolute Gasteiger partial charge is 0.493 e. The molecule has 1 unspecified atom stereocenters. The van der Waals surface area contributed by atoms with Crippen LogP contribution in [0.15, 0.2) is 58.8 Å². The molecule has 1 N–H and O–H groups in total. The number of nitrogens with zero attached hydrogens (tertiary/aromatic N) is 1. The Labute approximate surface area is 191 Å². The molecule has 1 aromatic heterocycles. The molecule has 1 amide bonds. The summed E-state index contributed by atoms with van der Waals surface area (Å²) in [5, 5.41) is 5.12. The van der Waals surface area contributed by atoms with Crippen molar-refractivity contribution in [3.05, 3.63) is 69.9 Å². The van der Waals surface area contributed by atoms with Crippen LogP contribution >= 0.6 is 23.1 Å². The number of fused-ring (bicyclic) bond motifs is 1. The van der Waals surface area contributed by atoms with Crippen molar-refractivity contribution in [1.29, 1.82) is 0 Å². The molecule has 0 radical (unpaired) electrons. The lowest BCUT2D eigenvalue weighted by molar-refractivity contribution is -0.117. The Kier molecular flexibility index (Phi) is 6.85. The van der Waals surface area contributed by atoms with Crippen molar-refractivity contribution in [3.8, 4) is 11.5 Å². The van der Waals surface area contributed by atoms with E-state index in [1.807, 2.05) is 30.5 Å². The lowest BCUT2D eigenvalue weighted by atomic mass is 9.91. The molecule has 4 rings (SSSR count). The number of hydrogen-bond acceptors (Lipinski definition) is 6. The molecule has 2 aromatic carbocycles. The summed E-state index contributed by atoms with van der Waals surface area (Å²) in [7, 11) is 3.31. The molecule has 1 aliphatic heterocycles. The Morgan fingerprint density at radius 3 is 2.55 bits per heavy atom. The van der Waals surface area contributed by atoms with Gasteiger partial charge in [0.2, 0.25) is 5.91 Å². The SMILES string of the molecule is COc1cc2c(cc1OC)C(c1cccs1)N(CC(=O)Nc1ccc(SC)cc1)CC2. The molecule has 0 saturated carbocycles. The molecule has 1 atom stereocenters. The van der Waals surface area contributed by atoms with Crippen LogP contribution in [0.25, 0.3) is 0 Å². The van der Waals surface area contributed by atoms with Crippen LogP contribution in [-0.4, -0.2) is 44.4 Å². The number of benzene rings is 2. The molecule has 0 bridgehead atoms. The van der Waals surface area contributed by atoms with Gasteiger partial charge in [0.25, 0.3) is 0 Å². The van der Waals surface area contributed by atoms with Gasteiger partial charge in [-0.3, -0.25) is 9.69 Å². The van der Waals surface area contributed by atoms with Gasteiger partial charge in [0.05, 0.1) is 26.8 Å². The number of nitrogens with one attached hydrogen (secondary N) is 1. The first kappa shape index (κ1) is 21.7. The molecule has 162 valence electrons. The first-order chi connectivity index (χ1) is 15.1. The van der Waals surface area contributed by atoms with E-state index in [0.29, 0.717) is 12.3 Å². The van der Waals surface area contributed by atoms with Gasteiger partial charge in [0.1, 0.15) is 0 Å². The molecular formula is C24H26N2O3S2. The Balaban J connectivity index is 1.59. The normalized spacial score (nSPS) is 15.9. The van der Waals surface area contributed by atoms with E-state index in [2.05, 4.69) is 39.9 Å². The molecule has 0 aliphatic carbocycles. The number of anilines is 1. The molecule has 0 spiro atoms. The van der Waals surface area contributed by atoms with E-state index in [4.69, 9.17) is 9.47 Å². The second kappa shape index (κ2) is 9.77. The molecule has 3 aromatic rings. The number of rotatable bonds is 7. The molecular weight excluding hydrogens is 428 g/mol. The zero-order valence-electron chi connectivity index (χ0n) is 17.9. The van der Waals surface area contributed by atoms with Gasteiger partial charge in [-0.05, 0) is 71.6 Å². The molecule has 1 aliphatic rings. The average molecular weight is 455 g/mol. The van der Waals surface area contributed by atoms with E-state index in [9.17, 15) is 4.79 Å². The number of thiophene rings is 1. The smallest absolute Gasteiger partial charge is 0.238 e. The van der Waals surface area contributed by atoms with Crippen molar-refractivity contribution in [1.82, 2.24) is 4.90 Å². The number of carbonyl (C=O) groups excluding carboxylic acids is 1. The fourth-order valence-corrected chi connectivity index (χ4v) is 5.29. The minimum absolute atomic E-state index is 0.00757. The Bertz CT molecular complexity index is 1040. The van der Waals surface area contributed by atoms with E-state index < -0.39 is 0 Å². The Morgan fingerprint density at radius 1 is 1.16 bits per heavy atom. The zero-order chi connectivity index (χ0) is 21.8. The highest BCUT2D eigenvalue weighted by molar-refractivity contribution is 7.98. The highest BCUT2D eigenvalue weighted by Crippen LogP contribution is 2.42. The van der Waals surface area contributed by atoms with Gasteiger partial charge in [-0.15, -0.1) is 23.1 Å². The van der Waals surface area contributed by atoms with Crippen molar-refractivity contribution in [2.75, 3.05) is 38.9 Å². The maximum Gasteiger partial charge on any atom is 0.238 e. The minimum Gasteiger partial charge on any atom is -0.493 e. The predicted molar refractivity (Wildman–Crippen MR) is 128 cm³/mol. The van der Waals surface area contributed by atoms with Gasteiger partial charge in [-0.25, -0.2) is 0 Å². The summed E-state index contributed by atoms with van der Waals surface area (Å²) < 4.78 is 11.1. The third kappa shape index (κ3) is 4.74. The van der Waals surface area contributed by atoms with Crippen LogP contribution in [-0.2, 0) is 11.2 Å². The van der Waals surface area contributed by atoms with E-state index >= 15 is 0 Å². The van der Waals surface area contributed by atoms with Crippen LogP contribution in [0, 0.1) is 0 Å². The van der Waals surface area contributed by atoms with E-state index in [0.717, 1.165) is 24.4 Å². The quantitative estimate of drug-likeness (QED) is 0.505. The summed E-state index contributed by atoms with van der Waals surface area (Å²) >= 11 is 3.39. The number of ether oxygens (including phenoxy) is 2. The van der Waals surface area contributed by atoms with Crippen LogP contribution in [0.4, 0.5) is 5.69 Å². The van der Waals surface area contributed by atoms with Gasteiger partial charge in [0, 0.05) is 22.0 Å². The van der Waals surface area contributed by atoms with Crippen LogP contribution in [0.5, 0.6) is 11.5 Å². The highest BCUT2D eigenvalue weighted by atomic mass is 32.2. The molecule has 7 heteroatoms. The van der Waals surface area contributed by atoms with Crippen LogP contribution < -0.4 is 14.8 Å². The van der Waals surface area contributed by atoms with Crippen molar-refractivity contribution >= 4 is 34.7 Å². The lowest BCUT2D eigenvalue weighted by Crippen LogP contribution is -2.40. The monoisotopic (exact) mass is 454 g/mol. The van der Waals surface area contributed by atoms with E-state index in [1.54, 1.807) is 37.3 Å². The minimum atomic E-state index is -0.0117. The van der Waals surface area contributed by atoms with E-state index in [-0.39, 0.29) is 11.9 Å². The van der Waals surface area contributed by atoms with Gasteiger partial charge in [-0.1, -0.05) is 6.07 Å². The maximum absolute atomic E-state index is 12.9. The average Bonchev–Trinajstić information content (AvgIpc) is 3.32. The highest BCUT2D eigenvalue weighted by Gasteiger charge is 2.32. The second-order valence-corrected chi connectivity index (χ2v) is 9.18. The fraction of sp³-hybridized carbons (Fsp3) is 0.292. The van der Waals surface area contributed by atoms with Crippen LogP contribution in [0.3, 0.4) is 0 Å². The van der Waals surface area contributed by atoms with Crippen molar-refractivity contribution < 1.29 is 14.3 Å². The molecule has 2 heterocycles. The number of carbonyl (C=O) groups is 1. The summed E-state index contributed by atoms with van der Waals surface area (Å²) in [6.07, 6.45) is 2.89. The summed E-state index contributed by atoms with van der Waals surface area (Å²) in [5.74, 6) is 1.44. The Morgan fingerprint density at radius 2 is 1.90 bits per heavy atom. The van der Waals surface area contributed by atoms with Gasteiger partial charge in [-0.2, -0.15) is 0 Å². The summed E-state index contributed by atoms with van der Waals surface area (Å²) in [4.78, 5) is 17.5. The zero-order valence-corrected chi connectivity index (χ0v) is 19.5. The Hall–Kier alpha value is -2.48. The van der Waals surface area contributed by atoms with Gasteiger partial charge < -0.3 is 14.8 Å².